The van der Waals surface area contributed by atoms with E-state index in [9.17, 15) is 9.59 Å². The Labute approximate surface area is 151 Å². The molecule has 0 aliphatic heterocycles. The molecule has 3 atom stereocenters. The van der Waals surface area contributed by atoms with E-state index in [0.29, 0.717) is 12.3 Å². The van der Waals surface area contributed by atoms with Crippen molar-refractivity contribution < 1.29 is 23.8 Å². The number of carbonyl (C=O) groups excluding carboxylic acids is 2. The zero-order valence-electron chi connectivity index (χ0n) is 16.6. The van der Waals surface area contributed by atoms with Crippen molar-refractivity contribution in [3.8, 4) is 0 Å². The molecule has 0 aromatic carbocycles. The molecule has 2 saturated carbocycles. The van der Waals surface area contributed by atoms with Gasteiger partial charge in [0.25, 0.3) is 0 Å². The van der Waals surface area contributed by atoms with Gasteiger partial charge in [-0.2, -0.15) is 0 Å². The van der Waals surface area contributed by atoms with Gasteiger partial charge in [-0.3, -0.25) is 9.59 Å². The van der Waals surface area contributed by atoms with Crippen LogP contribution in [-0.4, -0.2) is 37.9 Å². The van der Waals surface area contributed by atoms with Crippen molar-refractivity contribution in [1.82, 2.24) is 0 Å². The molecule has 5 nitrogen and oxygen atoms in total. The summed E-state index contributed by atoms with van der Waals surface area (Å²) in [5.41, 5.74) is -0.183. The number of carbonyl (C=O) groups is 2. The molecule has 144 valence electrons. The van der Waals surface area contributed by atoms with Crippen LogP contribution >= 0.6 is 0 Å². The van der Waals surface area contributed by atoms with E-state index in [-0.39, 0.29) is 48.7 Å². The number of hydrogen-bond acceptors (Lipinski definition) is 5. The van der Waals surface area contributed by atoms with Crippen molar-refractivity contribution >= 4 is 11.8 Å². The molecule has 2 fully saturated rings. The summed E-state index contributed by atoms with van der Waals surface area (Å²) >= 11 is 0. The van der Waals surface area contributed by atoms with Crippen molar-refractivity contribution in [2.24, 2.45) is 22.2 Å². The Bertz CT molecular complexity index is 505. The van der Waals surface area contributed by atoms with Crippen LogP contribution in [0.25, 0.3) is 0 Å². The van der Waals surface area contributed by atoms with Gasteiger partial charge < -0.3 is 14.2 Å². The van der Waals surface area contributed by atoms with Gasteiger partial charge in [0.2, 0.25) is 0 Å². The van der Waals surface area contributed by atoms with Crippen LogP contribution in [-0.2, 0) is 23.8 Å². The zero-order chi connectivity index (χ0) is 18.9. The maximum atomic E-state index is 11.8. The highest BCUT2D eigenvalue weighted by molar-refractivity contribution is 5.84. The monoisotopic (exact) mass is 354 g/mol. The normalized spacial score (nSPS) is 30.5. The Morgan fingerprint density at radius 2 is 1.84 bits per heavy atom. The molecular formula is C20H34O5. The van der Waals surface area contributed by atoms with Crippen molar-refractivity contribution in [3.05, 3.63) is 0 Å². The summed E-state index contributed by atoms with van der Waals surface area (Å²) in [5, 5.41) is 0. The van der Waals surface area contributed by atoms with Gasteiger partial charge >= 0.3 is 5.97 Å². The van der Waals surface area contributed by atoms with Gasteiger partial charge in [0.05, 0.1) is 11.5 Å². The fraction of sp³-hybridized carbons (Fsp3) is 0.900. The minimum absolute atomic E-state index is 0.0902. The lowest BCUT2D eigenvalue weighted by Crippen LogP contribution is -2.42. The van der Waals surface area contributed by atoms with Crippen LogP contribution in [0.15, 0.2) is 0 Å². The highest BCUT2D eigenvalue weighted by Crippen LogP contribution is 2.63. The average Bonchev–Trinajstić information content (AvgIpc) is 3.02. The van der Waals surface area contributed by atoms with Crippen LogP contribution in [0, 0.1) is 22.2 Å². The first-order valence-corrected chi connectivity index (χ1v) is 9.41. The molecule has 25 heavy (non-hydrogen) atoms. The highest BCUT2D eigenvalue weighted by Gasteiger charge is 2.60. The summed E-state index contributed by atoms with van der Waals surface area (Å²) in [7, 11) is 0. The smallest absolute Gasteiger partial charge is 0.311 e. The molecule has 2 bridgehead atoms. The Balaban J connectivity index is 1.68. The van der Waals surface area contributed by atoms with Gasteiger partial charge in [-0.15, -0.1) is 0 Å². The van der Waals surface area contributed by atoms with E-state index in [0.717, 1.165) is 0 Å². The second kappa shape index (κ2) is 7.36. The van der Waals surface area contributed by atoms with Crippen LogP contribution in [0.5, 0.6) is 0 Å². The predicted octanol–water partition coefficient (Wildman–Crippen LogP) is 3.74. The molecule has 0 amide bonds. The van der Waals surface area contributed by atoms with Gasteiger partial charge in [-0.05, 0) is 56.3 Å². The lowest BCUT2D eigenvalue weighted by Gasteiger charge is -2.42. The SMILES string of the molecule is CCC(C)(C)C(=O)OCC(=O)COCOC1C2(C)CCC(C2)C1(C)C. The number of Topliss-reactive ketones (excluding diaryl/α,β-unsaturated/α-hetero) is 1. The third kappa shape index (κ3) is 4.25. The van der Waals surface area contributed by atoms with E-state index in [4.69, 9.17) is 14.2 Å². The summed E-state index contributed by atoms with van der Waals surface area (Å²) in [6.07, 6.45) is 4.53. The number of rotatable bonds is 9. The van der Waals surface area contributed by atoms with Gasteiger partial charge in [0.1, 0.15) is 13.4 Å². The molecule has 2 aliphatic rings. The van der Waals surface area contributed by atoms with E-state index >= 15 is 0 Å². The fourth-order valence-electron chi connectivity index (χ4n) is 4.47. The maximum Gasteiger partial charge on any atom is 0.311 e. The van der Waals surface area contributed by atoms with E-state index in [1.165, 1.54) is 19.3 Å². The summed E-state index contributed by atoms with van der Waals surface area (Å²) in [5.74, 6) is 0.115. The van der Waals surface area contributed by atoms with E-state index in [2.05, 4.69) is 20.8 Å². The molecule has 2 aliphatic carbocycles. The first kappa shape index (κ1) is 20.4. The largest absolute Gasteiger partial charge is 0.457 e. The second-order valence-electron chi connectivity index (χ2n) is 9.28. The van der Waals surface area contributed by atoms with Crippen molar-refractivity contribution in [3.63, 3.8) is 0 Å². The van der Waals surface area contributed by atoms with Gasteiger partial charge in [0, 0.05) is 0 Å². The van der Waals surface area contributed by atoms with Crippen molar-refractivity contribution in [2.45, 2.75) is 73.3 Å². The number of hydrogen-bond donors (Lipinski definition) is 0. The summed E-state index contributed by atoms with van der Waals surface area (Å²) in [6.45, 7) is 12.2. The Morgan fingerprint density at radius 3 is 2.40 bits per heavy atom. The predicted molar refractivity (Wildman–Crippen MR) is 95.0 cm³/mol. The minimum Gasteiger partial charge on any atom is -0.457 e. The molecule has 2 rings (SSSR count). The number of ether oxygens (including phenoxy) is 3. The molecule has 3 unspecified atom stereocenters. The number of fused-ring (bicyclic) bond motifs is 2. The Kier molecular flexibility index (Phi) is 5.99. The van der Waals surface area contributed by atoms with Crippen LogP contribution in [0.4, 0.5) is 0 Å². The molecule has 0 aromatic heterocycles. The molecule has 5 heteroatoms. The van der Waals surface area contributed by atoms with Crippen molar-refractivity contribution in [2.75, 3.05) is 20.0 Å². The standard InChI is InChI=1S/C20H34O5/c1-7-18(2,3)17(22)24-12-15(21)11-23-13-25-16-19(4,5)14-8-9-20(16,6)10-14/h14,16H,7-13H2,1-6H3. The summed E-state index contributed by atoms with van der Waals surface area (Å²) < 4.78 is 16.5. The number of esters is 1. The topological polar surface area (TPSA) is 61.8 Å². The molecule has 0 heterocycles. The Hall–Kier alpha value is -0.940. The molecular weight excluding hydrogens is 320 g/mol. The molecule has 0 aromatic rings. The van der Waals surface area contributed by atoms with Crippen LogP contribution in [0.3, 0.4) is 0 Å². The average molecular weight is 354 g/mol. The zero-order valence-corrected chi connectivity index (χ0v) is 16.6. The van der Waals surface area contributed by atoms with Crippen LogP contribution in [0.2, 0.25) is 0 Å². The molecule has 0 saturated heterocycles. The minimum atomic E-state index is -0.562. The summed E-state index contributed by atoms with van der Waals surface area (Å²) in [6, 6.07) is 0. The lowest BCUT2D eigenvalue weighted by molar-refractivity contribution is -0.168. The fourth-order valence-corrected chi connectivity index (χ4v) is 4.47. The van der Waals surface area contributed by atoms with Crippen LogP contribution in [0.1, 0.15) is 67.2 Å². The van der Waals surface area contributed by atoms with Crippen molar-refractivity contribution in [1.29, 1.82) is 0 Å². The molecule has 0 spiro atoms. The van der Waals surface area contributed by atoms with Gasteiger partial charge in [0.15, 0.2) is 12.4 Å². The quantitative estimate of drug-likeness (QED) is 0.359. The maximum absolute atomic E-state index is 11.8. The van der Waals surface area contributed by atoms with Crippen LogP contribution < -0.4 is 0 Å². The van der Waals surface area contributed by atoms with E-state index < -0.39 is 5.41 Å². The van der Waals surface area contributed by atoms with Gasteiger partial charge in [-0.1, -0.05) is 27.7 Å². The van der Waals surface area contributed by atoms with E-state index in [1.54, 1.807) is 0 Å². The second-order valence-corrected chi connectivity index (χ2v) is 9.28. The lowest BCUT2D eigenvalue weighted by atomic mass is 9.70. The van der Waals surface area contributed by atoms with Gasteiger partial charge in [-0.25, -0.2) is 0 Å². The van der Waals surface area contributed by atoms with E-state index in [1.807, 2.05) is 20.8 Å². The molecule has 0 N–H and O–H groups in total. The third-order valence-electron chi connectivity index (χ3n) is 6.52. The highest BCUT2D eigenvalue weighted by atomic mass is 16.7. The summed E-state index contributed by atoms with van der Waals surface area (Å²) in [4.78, 5) is 23.7. The molecule has 0 radical (unpaired) electrons. The first-order chi connectivity index (χ1) is 11.5. The first-order valence-electron chi connectivity index (χ1n) is 9.41. The third-order valence-corrected chi connectivity index (χ3v) is 6.52. The Morgan fingerprint density at radius 1 is 1.16 bits per heavy atom. The number of ketones is 1.